The molecule has 128 valence electrons. The Hall–Kier alpha value is -2.78. The Bertz CT molecular complexity index is 1340. The maximum Gasteiger partial charge on any atom is 0.258 e. The first-order chi connectivity index (χ1) is 12.7. The summed E-state index contributed by atoms with van der Waals surface area (Å²) in [4.78, 5) is 25.3. The predicted octanol–water partition coefficient (Wildman–Crippen LogP) is 3.18. The molecule has 4 heterocycles. The number of nitrogens with one attached hydrogen (secondary N) is 1. The van der Waals surface area contributed by atoms with Gasteiger partial charge in [0.05, 0.1) is 5.69 Å². The van der Waals surface area contributed by atoms with Gasteiger partial charge < -0.3 is 4.98 Å². The molecule has 0 unspecified atom stereocenters. The molecule has 5 rings (SSSR count). The van der Waals surface area contributed by atoms with Crippen LogP contribution >= 0.6 is 23.1 Å². The first-order valence-corrected chi connectivity index (χ1v) is 9.76. The fourth-order valence-electron chi connectivity index (χ4n) is 2.88. The molecule has 0 fully saturated rings. The van der Waals surface area contributed by atoms with Crippen LogP contribution in [0.1, 0.15) is 11.4 Å². The van der Waals surface area contributed by atoms with E-state index in [2.05, 4.69) is 25.1 Å². The van der Waals surface area contributed by atoms with Gasteiger partial charge in [-0.2, -0.15) is 0 Å². The van der Waals surface area contributed by atoms with Crippen molar-refractivity contribution in [2.75, 3.05) is 0 Å². The van der Waals surface area contributed by atoms with Crippen molar-refractivity contribution >= 4 is 50.1 Å². The summed E-state index contributed by atoms with van der Waals surface area (Å²) < 4.78 is 1.62. The van der Waals surface area contributed by atoms with Crippen LogP contribution in [-0.2, 0) is 5.75 Å². The Morgan fingerprint density at radius 1 is 1.23 bits per heavy atom. The minimum atomic E-state index is -0.0607. The van der Waals surface area contributed by atoms with Gasteiger partial charge in [-0.3, -0.25) is 9.20 Å². The molecule has 7 nitrogen and oxygen atoms in total. The van der Waals surface area contributed by atoms with E-state index >= 15 is 0 Å². The average molecular weight is 380 g/mol. The Labute approximate surface area is 155 Å². The van der Waals surface area contributed by atoms with Gasteiger partial charge in [-0.15, -0.1) is 21.5 Å². The number of H-pyrrole nitrogens is 1. The van der Waals surface area contributed by atoms with Gasteiger partial charge >= 0.3 is 0 Å². The molecule has 0 bridgehead atoms. The summed E-state index contributed by atoms with van der Waals surface area (Å²) >= 11 is 2.87. The third-order valence-electron chi connectivity index (χ3n) is 4.08. The fourth-order valence-corrected chi connectivity index (χ4v) is 4.45. The van der Waals surface area contributed by atoms with E-state index in [1.807, 2.05) is 36.6 Å². The van der Waals surface area contributed by atoms with Crippen molar-refractivity contribution in [2.24, 2.45) is 0 Å². The molecule has 0 saturated carbocycles. The molecule has 9 heteroatoms. The highest BCUT2D eigenvalue weighted by molar-refractivity contribution is 7.98. The Kier molecular flexibility index (Phi) is 3.50. The Morgan fingerprint density at radius 3 is 3.04 bits per heavy atom. The molecule has 0 aliphatic carbocycles. The second kappa shape index (κ2) is 5.89. The summed E-state index contributed by atoms with van der Waals surface area (Å²) in [5, 5.41) is 12.0. The lowest BCUT2D eigenvalue weighted by molar-refractivity contribution is 0.877. The number of fused-ring (bicyclic) bond motifs is 4. The Balaban J connectivity index is 1.46. The molecule has 1 N–H and O–H groups in total. The number of benzene rings is 1. The van der Waals surface area contributed by atoms with E-state index in [0.29, 0.717) is 27.2 Å². The Morgan fingerprint density at radius 2 is 2.12 bits per heavy atom. The number of hydrogen-bond acceptors (Lipinski definition) is 7. The molecule has 0 aliphatic heterocycles. The second-order valence-electron chi connectivity index (χ2n) is 5.83. The summed E-state index contributed by atoms with van der Waals surface area (Å²) in [6.45, 7) is 1.90. The number of thiazole rings is 1. The van der Waals surface area contributed by atoms with Gasteiger partial charge in [-0.25, -0.2) is 9.97 Å². The van der Waals surface area contributed by atoms with E-state index in [0.717, 1.165) is 22.1 Å². The summed E-state index contributed by atoms with van der Waals surface area (Å²) in [7, 11) is 0. The topological polar surface area (TPSA) is 88.8 Å². The van der Waals surface area contributed by atoms with Crippen LogP contribution in [0.2, 0.25) is 0 Å². The lowest BCUT2D eigenvalue weighted by Crippen LogP contribution is -2.14. The standard InChI is InChI=1S/C17H12N6OS2/c1-9-7-26-17-18-10(6-13(24)23(9)17)8-25-16-20-15-14(21-22-16)11-4-2-3-5-12(11)19-15/h2-7H,8H2,1H3,(H,19,20,22). The van der Waals surface area contributed by atoms with Crippen molar-refractivity contribution in [3.05, 3.63) is 57.5 Å². The first kappa shape index (κ1) is 15.5. The second-order valence-corrected chi connectivity index (χ2v) is 7.61. The number of aryl methyl sites for hydroxylation is 1. The highest BCUT2D eigenvalue weighted by Gasteiger charge is 2.11. The van der Waals surface area contributed by atoms with E-state index in [9.17, 15) is 4.79 Å². The molecular formula is C17H12N6OS2. The maximum absolute atomic E-state index is 12.2. The van der Waals surface area contributed by atoms with E-state index in [4.69, 9.17) is 0 Å². The molecule has 0 aliphatic rings. The highest BCUT2D eigenvalue weighted by atomic mass is 32.2. The number of aromatic amines is 1. The summed E-state index contributed by atoms with van der Waals surface area (Å²) in [5.41, 5.74) is 4.01. The first-order valence-electron chi connectivity index (χ1n) is 7.90. The summed E-state index contributed by atoms with van der Waals surface area (Å²) in [6.07, 6.45) is 0. The molecule has 0 saturated heterocycles. The van der Waals surface area contributed by atoms with Gasteiger partial charge in [0.1, 0.15) is 5.52 Å². The van der Waals surface area contributed by atoms with Gasteiger partial charge in [-0.05, 0) is 13.0 Å². The smallest absolute Gasteiger partial charge is 0.258 e. The third kappa shape index (κ3) is 2.47. The van der Waals surface area contributed by atoms with Crippen molar-refractivity contribution in [1.82, 2.24) is 29.5 Å². The largest absolute Gasteiger partial charge is 0.338 e. The lowest BCUT2D eigenvalue weighted by atomic mass is 10.2. The van der Waals surface area contributed by atoms with Crippen molar-refractivity contribution in [3.63, 3.8) is 0 Å². The number of thioether (sulfide) groups is 1. The lowest BCUT2D eigenvalue weighted by Gasteiger charge is -2.01. The minimum Gasteiger partial charge on any atom is -0.338 e. The van der Waals surface area contributed by atoms with Gasteiger partial charge in [0.15, 0.2) is 10.6 Å². The van der Waals surface area contributed by atoms with E-state index < -0.39 is 0 Å². The van der Waals surface area contributed by atoms with Crippen LogP contribution in [0.15, 0.2) is 45.7 Å². The van der Waals surface area contributed by atoms with Crippen molar-refractivity contribution in [2.45, 2.75) is 17.8 Å². The zero-order chi connectivity index (χ0) is 17.7. The number of aromatic nitrogens is 6. The highest BCUT2D eigenvalue weighted by Crippen LogP contribution is 2.24. The SMILES string of the molecule is Cc1csc2nc(CSc3nnc4c(n3)[nH]c3ccccc34)cc(=O)n12. The summed E-state index contributed by atoms with van der Waals surface area (Å²) in [5.74, 6) is 0.510. The quantitative estimate of drug-likeness (QED) is 0.484. The maximum atomic E-state index is 12.2. The number of nitrogens with zero attached hydrogens (tertiary/aromatic N) is 5. The molecule has 5 aromatic rings. The van der Waals surface area contributed by atoms with E-state index in [1.54, 1.807) is 10.5 Å². The van der Waals surface area contributed by atoms with Crippen molar-refractivity contribution in [3.8, 4) is 0 Å². The minimum absolute atomic E-state index is 0.0607. The molecule has 26 heavy (non-hydrogen) atoms. The number of hydrogen-bond donors (Lipinski definition) is 1. The van der Waals surface area contributed by atoms with Crippen LogP contribution in [0.5, 0.6) is 0 Å². The van der Waals surface area contributed by atoms with Crippen LogP contribution in [0.25, 0.3) is 27.0 Å². The van der Waals surface area contributed by atoms with Crippen LogP contribution < -0.4 is 5.56 Å². The van der Waals surface area contributed by atoms with Crippen molar-refractivity contribution in [1.29, 1.82) is 0 Å². The van der Waals surface area contributed by atoms with Gasteiger partial charge in [0.25, 0.3) is 5.56 Å². The zero-order valence-corrected chi connectivity index (χ0v) is 15.3. The van der Waals surface area contributed by atoms with Crippen LogP contribution in [0.4, 0.5) is 0 Å². The molecule has 4 aromatic heterocycles. The fraction of sp³-hybridized carbons (Fsp3) is 0.118. The molecular weight excluding hydrogens is 368 g/mol. The molecule has 0 atom stereocenters. The van der Waals surface area contributed by atoms with Gasteiger partial charge in [0, 0.05) is 33.8 Å². The molecule has 0 spiro atoms. The average Bonchev–Trinajstić information content (AvgIpc) is 3.20. The predicted molar refractivity (Wildman–Crippen MR) is 103 cm³/mol. The molecule has 0 amide bonds. The van der Waals surface area contributed by atoms with Crippen molar-refractivity contribution < 1.29 is 0 Å². The van der Waals surface area contributed by atoms with Crippen LogP contribution in [0, 0.1) is 6.92 Å². The molecule has 0 radical (unpaired) electrons. The van der Waals surface area contributed by atoms with E-state index in [-0.39, 0.29) is 5.56 Å². The van der Waals surface area contributed by atoms with Gasteiger partial charge in [-0.1, -0.05) is 30.0 Å². The molecule has 1 aromatic carbocycles. The van der Waals surface area contributed by atoms with Crippen LogP contribution in [0.3, 0.4) is 0 Å². The van der Waals surface area contributed by atoms with E-state index in [1.165, 1.54) is 23.1 Å². The number of rotatable bonds is 3. The van der Waals surface area contributed by atoms with Crippen LogP contribution in [-0.4, -0.2) is 29.5 Å². The summed E-state index contributed by atoms with van der Waals surface area (Å²) in [6, 6.07) is 9.47. The zero-order valence-electron chi connectivity index (χ0n) is 13.6. The monoisotopic (exact) mass is 380 g/mol. The normalized spacial score (nSPS) is 11.7. The van der Waals surface area contributed by atoms with Gasteiger partial charge in [0.2, 0.25) is 5.16 Å². The number of para-hydroxylation sites is 1. The third-order valence-corrected chi connectivity index (χ3v) is 5.90.